The van der Waals surface area contributed by atoms with Crippen molar-refractivity contribution in [1.82, 2.24) is 0 Å². The molecular weight excluding hydrogens is 256 g/mol. The molecule has 0 aliphatic rings. The van der Waals surface area contributed by atoms with Gasteiger partial charge < -0.3 is 5.11 Å². The highest BCUT2D eigenvalue weighted by Crippen LogP contribution is 2.32. The van der Waals surface area contributed by atoms with Crippen LogP contribution in [0.3, 0.4) is 0 Å². The summed E-state index contributed by atoms with van der Waals surface area (Å²) in [6, 6.07) is 8.05. The molecule has 6 nitrogen and oxygen atoms in total. The van der Waals surface area contributed by atoms with E-state index in [1.54, 1.807) is 6.07 Å². The molecule has 2 aromatic rings. The Morgan fingerprint density at radius 2 is 2.17 bits per heavy atom. The first-order valence-electron chi connectivity index (χ1n) is 4.90. The molecular formula is C11H8N2O4S. The lowest BCUT2D eigenvalue weighted by molar-refractivity contribution is -0.383. The summed E-state index contributed by atoms with van der Waals surface area (Å²) in [4.78, 5) is 21.7. The van der Waals surface area contributed by atoms with Gasteiger partial charge in [0.1, 0.15) is 5.69 Å². The molecule has 1 amide bonds. The van der Waals surface area contributed by atoms with Crippen molar-refractivity contribution < 1.29 is 14.8 Å². The molecule has 18 heavy (non-hydrogen) atoms. The number of hydrogen-bond donors (Lipinski definition) is 2. The lowest BCUT2D eigenvalue weighted by Gasteiger charge is -2.04. The maximum Gasteiger partial charge on any atom is 0.409 e. The number of nitrogens with one attached hydrogen (secondary N) is 1. The Balaban J connectivity index is 2.48. The Hall–Kier alpha value is -2.41. The molecule has 0 bridgehead atoms. The van der Waals surface area contributed by atoms with Gasteiger partial charge >= 0.3 is 6.09 Å². The normalized spacial score (nSPS) is 10.0. The third kappa shape index (κ3) is 2.46. The van der Waals surface area contributed by atoms with E-state index in [1.807, 2.05) is 22.8 Å². The molecule has 0 unspecified atom stereocenters. The van der Waals surface area contributed by atoms with Gasteiger partial charge in [0.2, 0.25) is 0 Å². The molecule has 0 atom stereocenters. The number of anilines is 1. The molecule has 0 saturated carbocycles. The summed E-state index contributed by atoms with van der Waals surface area (Å²) in [6.07, 6.45) is -1.33. The van der Waals surface area contributed by atoms with Crippen LogP contribution in [-0.2, 0) is 0 Å². The van der Waals surface area contributed by atoms with Gasteiger partial charge in [-0.15, -0.1) is 11.3 Å². The van der Waals surface area contributed by atoms with E-state index in [4.69, 9.17) is 5.11 Å². The van der Waals surface area contributed by atoms with Crippen LogP contribution in [0, 0.1) is 10.1 Å². The van der Waals surface area contributed by atoms with Crippen LogP contribution in [0.5, 0.6) is 0 Å². The Labute approximate surface area is 106 Å². The van der Waals surface area contributed by atoms with E-state index in [1.165, 1.54) is 23.5 Å². The Kier molecular flexibility index (Phi) is 3.24. The third-order valence-electron chi connectivity index (χ3n) is 2.24. The molecule has 2 N–H and O–H groups in total. The molecule has 0 radical (unpaired) electrons. The zero-order valence-electron chi connectivity index (χ0n) is 8.99. The van der Waals surface area contributed by atoms with E-state index in [2.05, 4.69) is 0 Å². The molecule has 0 aliphatic carbocycles. The summed E-state index contributed by atoms with van der Waals surface area (Å²) in [7, 11) is 0. The van der Waals surface area contributed by atoms with Crippen LogP contribution in [0.2, 0.25) is 0 Å². The second kappa shape index (κ2) is 4.84. The van der Waals surface area contributed by atoms with Gasteiger partial charge in [-0.1, -0.05) is 6.07 Å². The summed E-state index contributed by atoms with van der Waals surface area (Å²) in [6.45, 7) is 0. The van der Waals surface area contributed by atoms with Crippen LogP contribution in [0.4, 0.5) is 16.2 Å². The molecule has 0 fully saturated rings. The van der Waals surface area contributed by atoms with E-state index < -0.39 is 11.0 Å². The van der Waals surface area contributed by atoms with Crippen molar-refractivity contribution in [3.05, 3.63) is 45.8 Å². The Bertz CT molecular complexity index is 595. The maximum atomic E-state index is 10.8. The van der Waals surface area contributed by atoms with Gasteiger partial charge in [-0.05, 0) is 29.1 Å². The minimum Gasteiger partial charge on any atom is -0.465 e. The van der Waals surface area contributed by atoms with Gasteiger partial charge in [0, 0.05) is 10.9 Å². The van der Waals surface area contributed by atoms with Crippen LogP contribution in [-0.4, -0.2) is 16.1 Å². The van der Waals surface area contributed by atoms with E-state index in [0.717, 1.165) is 10.4 Å². The number of thiophene rings is 1. The topological polar surface area (TPSA) is 92.5 Å². The molecule has 1 aromatic heterocycles. The predicted molar refractivity (Wildman–Crippen MR) is 68.1 cm³/mol. The van der Waals surface area contributed by atoms with E-state index >= 15 is 0 Å². The summed E-state index contributed by atoms with van der Waals surface area (Å²) < 4.78 is 0. The van der Waals surface area contributed by atoms with Crippen molar-refractivity contribution in [1.29, 1.82) is 0 Å². The summed E-state index contributed by atoms with van der Waals surface area (Å²) >= 11 is 1.47. The number of carbonyl (C=O) groups is 1. The van der Waals surface area contributed by atoms with Gasteiger partial charge in [0.25, 0.3) is 5.69 Å². The standard InChI is InChI=1S/C11H8N2O4S/c14-11(15)12-8-6-7(10-2-1-5-18-10)3-4-9(8)13(16)17/h1-6,12H,(H,14,15). The van der Waals surface area contributed by atoms with Gasteiger partial charge in [0.05, 0.1) is 4.92 Å². The zero-order valence-corrected chi connectivity index (χ0v) is 9.81. The Morgan fingerprint density at radius 3 is 2.72 bits per heavy atom. The van der Waals surface area contributed by atoms with Gasteiger partial charge in [-0.3, -0.25) is 15.4 Å². The molecule has 0 spiro atoms. The Morgan fingerprint density at radius 1 is 1.39 bits per heavy atom. The quantitative estimate of drug-likeness (QED) is 0.656. The van der Waals surface area contributed by atoms with E-state index in [9.17, 15) is 14.9 Å². The molecule has 7 heteroatoms. The average molecular weight is 264 g/mol. The number of rotatable bonds is 3. The number of nitrogens with zero attached hydrogens (tertiary/aromatic N) is 1. The number of hydrogen-bond acceptors (Lipinski definition) is 4. The summed E-state index contributed by atoms with van der Waals surface area (Å²) in [5.41, 5.74) is 0.440. The van der Waals surface area contributed by atoms with Gasteiger partial charge in [0.15, 0.2) is 0 Å². The van der Waals surface area contributed by atoms with Crippen LogP contribution >= 0.6 is 11.3 Å². The van der Waals surface area contributed by atoms with Crippen LogP contribution in [0.25, 0.3) is 10.4 Å². The highest BCUT2D eigenvalue weighted by Gasteiger charge is 2.16. The molecule has 2 rings (SSSR count). The second-order valence-corrected chi connectivity index (χ2v) is 4.34. The fourth-order valence-electron chi connectivity index (χ4n) is 1.51. The fourth-order valence-corrected chi connectivity index (χ4v) is 2.23. The number of carboxylic acid groups (broad SMARTS) is 1. The fraction of sp³-hybridized carbons (Fsp3) is 0. The first-order valence-corrected chi connectivity index (χ1v) is 5.78. The van der Waals surface area contributed by atoms with Crippen molar-refractivity contribution in [3.8, 4) is 10.4 Å². The number of nitro groups is 1. The number of amides is 1. The lowest BCUT2D eigenvalue weighted by Crippen LogP contribution is -2.09. The number of nitro benzene ring substituents is 1. The smallest absolute Gasteiger partial charge is 0.409 e. The first kappa shape index (κ1) is 12.1. The molecule has 1 aromatic carbocycles. The molecule has 0 aliphatic heterocycles. The van der Waals surface area contributed by atoms with Gasteiger partial charge in [-0.25, -0.2) is 4.79 Å². The van der Waals surface area contributed by atoms with E-state index in [0.29, 0.717) is 0 Å². The second-order valence-electron chi connectivity index (χ2n) is 3.40. The molecule has 92 valence electrons. The van der Waals surface area contributed by atoms with Crippen LogP contribution < -0.4 is 5.32 Å². The van der Waals surface area contributed by atoms with E-state index in [-0.39, 0.29) is 11.4 Å². The highest BCUT2D eigenvalue weighted by atomic mass is 32.1. The zero-order chi connectivity index (χ0) is 13.1. The highest BCUT2D eigenvalue weighted by molar-refractivity contribution is 7.13. The number of benzene rings is 1. The summed E-state index contributed by atoms with van der Waals surface area (Å²) in [5.74, 6) is 0. The van der Waals surface area contributed by atoms with Crippen molar-refractivity contribution in [3.63, 3.8) is 0 Å². The average Bonchev–Trinajstić information content (AvgIpc) is 2.81. The SMILES string of the molecule is O=C(O)Nc1cc(-c2cccs2)ccc1[N+](=O)[O-]. The predicted octanol–water partition coefficient (Wildman–Crippen LogP) is 3.41. The van der Waals surface area contributed by atoms with Gasteiger partial charge in [-0.2, -0.15) is 0 Å². The third-order valence-corrected chi connectivity index (χ3v) is 3.16. The van der Waals surface area contributed by atoms with Crippen molar-refractivity contribution >= 4 is 28.8 Å². The molecule has 0 saturated heterocycles. The minimum absolute atomic E-state index is 0.0293. The minimum atomic E-state index is -1.33. The maximum absolute atomic E-state index is 10.8. The monoisotopic (exact) mass is 264 g/mol. The summed E-state index contributed by atoms with van der Waals surface area (Å²) in [5, 5.41) is 23.4. The molecule has 1 heterocycles. The van der Waals surface area contributed by atoms with Crippen LogP contribution in [0.1, 0.15) is 0 Å². The van der Waals surface area contributed by atoms with Crippen molar-refractivity contribution in [2.45, 2.75) is 0 Å². The first-order chi connectivity index (χ1) is 8.58. The largest absolute Gasteiger partial charge is 0.465 e. The van der Waals surface area contributed by atoms with Crippen molar-refractivity contribution in [2.24, 2.45) is 0 Å². The lowest BCUT2D eigenvalue weighted by atomic mass is 10.1. The van der Waals surface area contributed by atoms with Crippen molar-refractivity contribution in [2.75, 3.05) is 5.32 Å². The van der Waals surface area contributed by atoms with Crippen LogP contribution in [0.15, 0.2) is 35.7 Å².